The molecule has 0 aromatic heterocycles. The fourth-order valence-electron chi connectivity index (χ4n) is 14.3. The average Bonchev–Trinajstić information content (AvgIpc) is 0.767. The van der Waals surface area contributed by atoms with E-state index in [0.29, 0.717) is 0 Å². The third-order valence-electron chi connectivity index (χ3n) is 20.3. The van der Waals surface area contributed by atoms with Crippen LogP contribution in [0.3, 0.4) is 0 Å². The van der Waals surface area contributed by atoms with Gasteiger partial charge in [0, 0.05) is 27.7 Å². The number of nitrogens with one attached hydrogen (secondary N) is 4. The van der Waals surface area contributed by atoms with Gasteiger partial charge in [0.2, 0.25) is 23.6 Å². The minimum Gasteiger partial charge on any atom is -0.394 e. The summed E-state index contributed by atoms with van der Waals surface area (Å²) < 4.78 is 101. The molecule has 0 unspecified atom stereocenters. The molecule has 0 aromatic rings. The number of aliphatic hydroxyl groups is 23. The molecule has 27 N–H and O–H groups in total. The van der Waals surface area contributed by atoms with Crippen molar-refractivity contribution in [1.29, 1.82) is 0 Å². The standard InChI is InChI=1S/C62H104N4O44/c1-14-31(77)41(87)44(90)58(95-14)109-52-43(89)34(80)21(8-68)101-61(52)106-49-30(66-19(6)76)57(99-22(9-69)35(49)81)107-50-36(82)23(10-70)100-60(46(50)92)105-48-29(65-18(5)75)54(93)97-26(38(48)84)13-94-55-28(64-17(4)74)40(86)47(25(12-72)103-55)104-62-53(110-59-45(91)42(88)32(78)15(2)96-59)51(37(83)24(11-71)102-62)108-56-27(63-16(3)73)39(85)33(79)20(7-67)98-56/h14-15,20-62,67-72,77-93H,7-13H2,1-6H3,(H,63,73)(H,64,74)(H,65,75)(H,66,76)/t14-,15-,20+,21+,22+,23+,24+,25+,26+,27+,28+,29+,30+,31+,32+,33-,34-,35+,36-,37-,38-,39+,40+,41+,42+,43-,44-,45-,46+,47+,48+,49+,50-,51-,52+,53+,54-,55+,56+,57-,58-,59-,60-,61-,62-/m0/s1. The highest BCUT2D eigenvalue weighted by molar-refractivity contribution is 5.74. The number of ether oxygens (including phenoxy) is 17. The lowest BCUT2D eigenvalue weighted by Gasteiger charge is -2.51. The zero-order valence-electron chi connectivity index (χ0n) is 59.8. The number of amides is 4. The van der Waals surface area contributed by atoms with E-state index in [0.717, 1.165) is 27.7 Å². The zero-order valence-corrected chi connectivity index (χ0v) is 59.8. The molecule has 0 saturated carbocycles. The van der Waals surface area contributed by atoms with E-state index in [-0.39, 0.29) is 0 Å². The minimum absolute atomic E-state index is 0.823. The molecule has 9 rings (SSSR count). The Bertz CT molecular complexity index is 2940. The molecule has 9 heterocycles. The molecule has 0 bridgehead atoms. The number of hydrogen-bond donors (Lipinski definition) is 27. The van der Waals surface area contributed by atoms with Gasteiger partial charge in [-0.05, 0) is 13.8 Å². The second kappa shape index (κ2) is 39.0. The van der Waals surface area contributed by atoms with E-state index in [1.54, 1.807) is 0 Å². The van der Waals surface area contributed by atoms with Crippen LogP contribution in [0.1, 0.15) is 41.5 Å². The first-order valence-electron chi connectivity index (χ1n) is 35.3. The quantitative estimate of drug-likeness (QED) is 0.0363. The van der Waals surface area contributed by atoms with E-state index in [1.807, 2.05) is 0 Å². The van der Waals surface area contributed by atoms with Crippen molar-refractivity contribution >= 4 is 23.6 Å². The number of carbonyl (C=O) groups excluding carboxylic acids is 4. The maximum absolute atomic E-state index is 13.1. The van der Waals surface area contributed by atoms with Crippen LogP contribution in [0.25, 0.3) is 0 Å². The highest BCUT2D eigenvalue weighted by atomic mass is 16.8. The van der Waals surface area contributed by atoms with Crippen LogP contribution in [0.5, 0.6) is 0 Å². The molecule has 9 aliphatic heterocycles. The summed E-state index contributed by atoms with van der Waals surface area (Å²) in [5.41, 5.74) is 0. The number of hydrogen-bond acceptors (Lipinski definition) is 44. The molecule has 0 radical (unpaired) electrons. The van der Waals surface area contributed by atoms with E-state index < -0.39 is 346 Å². The van der Waals surface area contributed by atoms with Crippen molar-refractivity contribution < 1.29 is 217 Å². The first kappa shape index (κ1) is 90.2. The zero-order chi connectivity index (χ0) is 81.1. The van der Waals surface area contributed by atoms with E-state index in [2.05, 4.69) is 21.3 Å². The fourth-order valence-corrected chi connectivity index (χ4v) is 14.3. The molecule has 9 fully saturated rings. The van der Waals surface area contributed by atoms with Gasteiger partial charge < -0.3 is 219 Å². The predicted octanol–water partition coefficient (Wildman–Crippen LogP) is -18.0. The fraction of sp³-hybridized carbons (Fsp3) is 0.935. The molecule has 9 aliphatic rings. The molecule has 45 atom stereocenters. The second-order valence-electron chi connectivity index (χ2n) is 28.1. The number of aliphatic hydroxyl groups excluding tert-OH is 23. The van der Waals surface area contributed by atoms with Gasteiger partial charge in [-0.1, -0.05) is 0 Å². The van der Waals surface area contributed by atoms with E-state index in [1.165, 1.54) is 13.8 Å². The van der Waals surface area contributed by atoms with Crippen LogP contribution in [0.2, 0.25) is 0 Å². The predicted molar refractivity (Wildman–Crippen MR) is 341 cm³/mol. The number of carbonyl (C=O) groups is 4. The van der Waals surface area contributed by atoms with Crippen LogP contribution in [-0.4, -0.2) is 463 Å². The molecule has 48 nitrogen and oxygen atoms in total. The lowest BCUT2D eigenvalue weighted by molar-refractivity contribution is -0.399. The Hall–Kier alpha value is -3.72. The summed E-state index contributed by atoms with van der Waals surface area (Å²) in [5.74, 6) is -3.58. The lowest BCUT2D eigenvalue weighted by Crippen LogP contribution is -2.71. The highest BCUT2D eigenvalue weighted by Crippen LogP contribution is 2.40. The van der Waals surface area contributed by atoms with Gasteiger partial charge in [0.15, 0.2) is 56.6 Å². The smallest absolute Gasteiger partial charge is 0.217 e. The van der Waals surface area contributed by atoms with E-state index in [4.69, 9.17) is 80.5 Å². The summed E-state index contributed by atoms with van der Waals surface area (Å²) >= 11 is 0. The van der Waals surface area contributed by atoms with Crippen molar-refractivity contribution in [3.63, 3.8) is 0 Å². The Morgan fingerprint density at radius 3 is 1.08 bits per heavy atom. The van der Waals surface area contributed by atoms with Gasteiger partial charge in [0.1, 0.15) is 207 Å². The second-order valence-corrected chi connectivity index (χ2v) is 28.1. The van der Waals surface area contributed by atoms with Gasteiger partial charge in [-0.25, -0.2) is 0 Å². The number of rotatable bonds is 27. The monoisotopic (exact) mass is 1610 g/mol. The topological polar surface area (TPSA) is 739 Å². The maximum atomic E-state index is 13.1. The molecule has 4 amide bonds. The highest BCUT2D eigenvalue weighted by Gasteiger charge is 2.61. The Morgan fingerprint density at radius 1 is 0.255 bits per heavy atom. The molecule has 110 heavy (non-hydrogen) atoms. The first-order chi connectivity index (χ1) is 51.9. The van der Waals surface area contributed by atoms with Gasteiger partial charge in [0.05, 0.1) is 58.5 Å². The molecule has 0 aromatic carbocycles. The summed E-state index contributed by atoms with van der Waals surface area (Å²) in [4.78, 5) is 51.4. The Balaban J connectivity index is 0.956. The molecule has 0 spiro atoms. The van der Waals surface area contributed by atoms with Crippen LogP contribution in [0.15, 0.2) is 0 Å². The first-order valence-corrected chi connectivity index (χ1v) is 35.3. The Labute approximate surface area is 624 Å². The summed E-state index contributed by atoms with van der Waals surface area (Å²) in [7, 11) is 0. The SMILES string of the molecule is CC(=O)N[C@@H]1[C@@H](O[C@@H]2O[C@H](CO)[C@H](O)[C@H](O[C@@H]3O[C@H](CO)[C@@H](O)[C@H](O[C@@H]4O[C@H](CO)[C@H](O)[C@H](O)[C@H]4O[C@@H]4O[C@@H](C)[C@@H](O)[C@@H](O)[C@@H]4O)[C@H]3NC(C)=O)[C@H]2O)[C@@H](O)[C@@H](CO[C@@H]2O[C@H](CO)[C@@H](O[C@@H]3O[C@H](CO)[C@H](O)[C@H](O[C@H]4O[C@H](CO)[C@H](O)[C@H](O)[C@H]4NC(C)=O)[C@H]3O[C@@H]3O[C@@H](C)[C@@H](O)[C@@H](O)[C@@H]3O)[C@H](O)[C@H]2NC(C)=O)O[C@@H]1O. The van der Waals surface area contributed by atoms with Gasteiger partial charge in [-0.15, -0.1) is 0 Å². The molecule has 0 aliphatic carbocycles. The van der Waals surface area contributed by atoms with Gasteiger partial charge >= 0.3 is 0 Å². The average molecular weight is 1610 g/mol. The summed E-state index contributed by atoms with van der Waals surface area (Å²) in [6.07, 6.45) is -80.9. The van der Waals surface area contributed by atoms with Crippen LogP contribution in [0.4, 0.5) is 0 Å². The Morgan fingerprint density at radius 2 is 0.582 bits per heavy atom. The summed E-state index contributed by atoms with van der Waals surface area (Å²) in [5, 5.41) is 265. The van der Waals surface area contributed by atoms with Crippen molar-refractivity contribution in [3.8, 4) is 0 Å². The molecular formula is C62H104N4O44. The summed E-state index contributed by atoms with van der Waals surface area (Å²) in [6, 6.07) is -7.35. The van der Waals surface area contributed by atoms with Gasteiger partial charge in [-0.2, -0.15) is 0 Å². The van der Waals surface area contributed by atoms with Crippen molar-refractivity contribution in [2.75, 3.05) is 46.2 Å². The van der Waals surface area contributed by atoms with Crippen molar-refractivity contribution in [1.82, 2.24) is 21.3 Å². The van der Waals surface area contributed by atoms with Crippen LogP contribution in [0, 0.1) is 0 Å². The molecule has 9 saturated heterocycles. The van der Waals surface area contributed by atoms with E-state index >= 15 is 0 Å². The summed E-state index contributed by atoms with van der Waals surface area (Å²) in [6.45, 7) is -1.00. The third kappa shape index (κ3) is 19.8. The normalized spacial score (nSPS) is 49.6. The largest absolute Gasteiger partial charge is 0.394 e. The third-order valence-corrected chi connectivity index (χ3v) is 20.3. The lowest BCUT2D eigenvalue weighted by atomic mass is 9.93. The maximum Gasteiger partial charge on any atom is 0.217 e. The molecule has 636 valence electrons. The van der Waals surface area contributed by atoms with Crippen molar-refractivity contribution in [2.24, 2.45) is 0 Å². The molecule has 48 heteroatoms. The van der Waals surface area contributed by atoms with Gasteiger partial charge in [-0.3, -0.25) is 19.2 Å². The van der Waals surface area contributed by atoms with Crippen LogP contribution < -0.4 is 21.3 Å². The van der Waals surface area contributed by atoms with Crippen molar-refractivity contribution in [2.45, 2.75) is 318 Å². The van der Waals surface area contributed by atoms with Crippen LogP contribution in [-0.2, 0) is 99.7 Å². The Kier molecular flexibility index (Phi) is 32.0. The van der Waals surface area contributed by atoms with E-state index in [9.17, 15) is 137 Å². The minimum atomic E-state index is -2.39. The van der Waals surface area contributed by atoms with Crippen molar-refractivity contribution in [3.05, 3.63) is 0 Å². The van der Waals surface area contributed by atoms with Gasteiger partial charge in [0.25, 0.3) is 0 Å². The van der Waals surface area contributed by atoms with Crippen LogP contribution >= 0.6 is 0 Å². The molecular weight excluding hydrogens is 1500 g/mol.